The first-order valence-electron chi connectivity index (χ1n) is 13.3. The van der Waals surface area contributed by atoms with Crippen LogP contribution in [0.4, 0.5) is 0 Å². The van der Waals surface area contributed by atoms with E-state index in [0.29, 0.717) is 5.92 Å². The van der Waals surface area contributed by atoms with Crippen LogP contribution >= 0.6 is 0 Å². The van der Waals surface area contributed by atoms with Crippen LogP contribution in [0.5, 0.6) is 0 Å². The van der Waals surface area contributed by atoms with Gasteiger partial charge in [0.2, 0.25) is 0 Å². The lowest BCUT2D eigenvalue weighted by Gasteiger charge is -2.22. The first-order chi connectivity index (χ1) is 16.4. The molecule has 1 aromatic rings. The van der Waals surface area contributed by atoms with E-state index in [4.69, 9.17) is 5.73 Å². The number of hydrogen-bond donors (Lipinski definition) is 4. The fourth-order valence-electron chi connectivity index (χ4n) is 4.22. The molecule has 0 heterocycles. The Morgan fingerprint density at radius 1 is 1.18 bits per heavy atom. The van der Waals surface area contributed by atoms with Crippen LogP contribution < -0.4 is 21.7 Å². The third kappa shape index (κ3) is 10.8. The van der Waals surface area contributed by atoms with Gasteiger partial charge >= 0.3 is 0 Å². The standard InChI is InChI=1S/C30H52N4/c1-8-11-14-30(25(6)32-7)33-19-12-13-29(21-31)34-22-26(10-3)28-18-16-24(5)27(20-28)17-15-23(4)9-2/h8,16,18,20-21,23,26,30,32-34H,1,6,9-15,17,19,22,31H2,2-5,7H3/b29-21-. The van der Waals surface area contributed by atoms with Gasteiger partial charge in [0.15, 0.2) is 0 Å². The Morgan fingerprint density at radius 3 is 2.56 bits per heavy atom. The molecule has 0 aliphatic carbocycles. The smallest absolute Gasteiger partial charge is 0.0466 e. The van der Waals surface area contributed by atoms with Gasteiger partial charge in [-0.05, 0) is 81.0 Å². The number of nitrogens with two attached hydrogens (primary N) is 1. The van der Waals surface area contributed by atoms with Crippen molar-refractivity contribution in [3.63, 3.8) is 0 Å². The fourth-order valence-corrected chi connectivity index (χ4v) is 4.22. The maximum atomic E-state index is 5.96. The van der Waals surface area contributed by atoms with Crippen molar-refractivity contribution < 1.29 is 0 Å². The molecule has 0 amide bonds. The van der Waals surface area contributed by atoms with Gasteiger partial charge in [-0.25, -0.2) is 0 Å². The minimum atomic E-state index is 0.266. The average molecular weight is 469 g/mol. The second-order valence-corrected chi connectivity index (χ2v) is 9.67. The van der Waals surface area contributed by atoms with Crippen LogP contribution in [0.3, 0.4) is 0 Å². The summed E-state index contributed by atoms with van der Waals surface area (Å²) in [7, 11) is 1.93. The van der Waals surface area contributed by atoms with Gasteiger partial charge in [0.1, 0.15) is 0 Å². The van der Waals surface area contributed by atoms with E-state index in [-0.39, 0.29) is 6.04 Å². The van der Waals surface area contributed by atoms with Crippen molar-refractivity contribution in [2.45, 2.75) is 91.0 Å². The quantitative estimate of drug-likeness (QED) is 0.142. The monoisotopic (exact) mass is 468 g/mol. The van der Waals surface area contributed by atoms with E-state index in [1.165, 1.54) is 36.0 Å². The fraction of sp³-hybridized carbons (Fsp3) is 0.600. The van der Waals surface area contributed by atoms with Gasteiger partial charge in [-0.1, -0.05) is 58.0 Å². The maximum absolute atomic E-state index is 5.96. The van der Waals surface area contributed by atoms with Crippen molar-refractivity contribution in [2.75, 3.05) is 20.1 Å². The molecule has 4 nitrogen and oxygen atoms in total. The highest BCUT2D eigenvalue weighted by Crippen LogP contribution is 2.24. The molecule has 0 fully saturated rings. The molecule has 0 radical (unpaired) electrons. The lowest BCUT2D eigenvalue weighted by Crippen LogP contribution is -2.35. The molecular formula is C30H52N4. The van der Waals surface area contributed by atoms with Crippen molar-refractivity contribution in [1.29, 1.82) is 0 Å². The van der Waals surface area contributed by atoms with Crippen LogP contribution in [-0.2, 0) is 6.42 Å². The first kappa shape index (κ1) is 29.8. The number of aryl methyl sites for hydroxylation is 2. The summed E-state index contributed by atoms with van der Waals surface area (Å²) < 4.78 is 0. The van der Waals surface area contributed by atoms with Crippen molar-refractivity contribution in [3.8, 4) is 0 Å². The molecule has 5 N–H and O–H groups in total. The minimum absolute atomic E-state index is 0.266. The molecule has 0 bridgehead atoms. The maximum Gasteiger partial charge on any atom is 0.0466 e. The number of hydrogen-bond acceptors (Lipinski definition) is 4. The van der Waals surface area contributed by atoms with Gasteiger partial charge in [0.25, 0.3) is 0 Å². The zero-order valence-corrected chi connectivity index (χ0v) is 22.7. The molecule has 4 heteroatoms. The van der Waals surface area contributed by atoms with E-state index in [0.717, 1.165) is 62.5 Å². The Kier molecular flexibility index (Phi) is 15.1. The van der Waals surface area contributed by atoms with Gasteiger partial charge in [0, 0.05) is 43.1 Å². The third-order valence-corrected chi connectivity index (χ3v) is 7.13. The predicted octanol–water partition coefficient (Wildman–Crippen LogP) is 6.29. The van der Waals surface area contributed by atoms with E-state index in [1.807, 2.05) is 13.1 Å². The number of allylic oxidation sites excluding steroid dienone is 2. The van der Waals surface area contributed by atoms with Crippen LogP contribution in [0, 0.1) is 12.8 Å². The highest BCUT2D eigenvalue weighted by atomic mass is 15.0. The normalized spacial score (nSPS) is 14.3. The molecule has 34 heavy (non-hydrogen) atoms. The molecule has 192 valence electrons. The van der Waals surface area contributed by atoms with Crippen LogP contribution in [-0.4, -0.2) is 26.2 Å². The Morgan fingerprint density at radius 2 is 1.94 bits per heavy atom. The van der Waals surface area contributed by atoms with Crippen LogP contribution in [0.2, 0.25) is 0 Å². The van der Waals surface area contributed by atoms with E-state index in [2.05, 4.69) is 75.0 Å². The number of likely N-dealkylation sites (N-methyl/N-ethyl adjacent to an activating group) is 1. The Labute approximate surface area is 210 Å². The van der Waals surface area contributed by atoms with Crippen LogP contribution in [0.1, 0.15) is 88.3 Å². The molecule has 0 saturated carbocycles. The summed E-state index contributed by atoms with van der Waals surface area (Å²) in [6.45, 7) is 19.0. The number of benzene rings is 1. The summed E-state index contributed by atoms with van der Waals surface area (Å²) >= 11 is 0. The summed E-state index contributed by atoms with van der Waals surface area (Å²) in [5.41, 5.74) is 12.5. The lowest BCUT2D eigenvalue weighted by atomic mass is 9.90. The topological polar surface area (TPSA) is 62.1 Å². The van der Waals surface area contributed by atoms with Gasteiger partial charge in [-0.3, -0.25) is 0 Å². The minimum Gasteiger partial charge on any atom is -0.403 e. The molecule has 0 saturated heterocycles. The highest BCUT2D eigenvalue weighted by Gasteiger charge is 2.13. The Balaban J connectivity index is 2.59. The molecule has 1 rings (SSSR count). The summed E-state index contributed by atoms with van der Waals surface area (Å²) in [5, 5.41) is 10.4. The summed E-state index contributed by atoms with van der Waals surface area (Å²) in [6.07, 6.45) is 12.5. The molecule has 1 aromatic carbocycles. The zero-order chi connectivity index (χ0) is 25.3. The van der Waals surface area contributed by atoms with Gasteiger partial charge in [0.05, 0.1) is 0 Å². The van der Waals surface area contributed by atoms with E-state index < -0.39 is 0 Å². The molecule has 0 spiro atoms. The second-order valence-electron chi connectivity index (χ2n) is 9.67. The van der Waals surface area contributed by atoms with Gasteiger partial charge in [-0.15, -0.1) is 6.58 Å². The molecule has 0 aliphatic heterocycles. The lowest BCUT2D eigenvalue weighted by molar-refractivity contribution is 0.506. The van der Waals surface area contributed by atoms with Crippen LogP contribution in [0.25, 0.3) is 0 Å². The predicted molar refractivity (Wildman–Crippen MR) is 151 cm³/mol. The Hall–Kier alpha value is -2.20. The van der Waals surface area contributed by atoms with Crippen molar-refractivity contribution >= 4 is 0 Å². The first-order valence-corrected chi connectivity index (χ1v) is 13.3. The van der Waals surface area contributed by atoms with E-state index in [9.17, 15) is 0 Å². The van der Waals surface area contributed by atoms with Crippen molar-refractivity contribution in [3.05, 3.63) is 71.7 Å². The molecule has 0 aliphatic rings. The Bertz CT molecular complexity index is 752. The number of nitrogens with one attached hydrogen (secondary N) is 3. The van der Waals surface area contributed by atoms with E-state index >= 15 is 0 Å². The average Bonchev–Trinajstić information content (AvgIpc) is 2.86. The van der Waals surface area contributed by atoms with Crippen molar-refractivity contribution in [2.24, 2.45) is 11.7 Å². The van der Waals surface area contributed by atoms with Gasteiger partial charge in [-0.2, -0.15) is 0 Å². The number of rotatable bonds is 19. The summed E-state index contributed by atoms with van der Waals surface area (Å²) in [5.74, 6) is 1.27. The largest absolute Gasteiger partial charge is 0.403 e. The van der Waals surface area contributed by atoms with E-state index in [1.54, 1.807) is 6.20 Å². The summed E-state index contributed by atoms with van der Waals surface area (Å²) in [4.78, 5) is 0. The molecular weight excluding hydrogens is 416 g/mol. The second kappa shape index (κ2) is 17.3. The molecule has 3 atom stereocenters. The highest BCUT2D eigenvalue weighted by molar-refractivity contribution is 5.33. The van der Waals surface area contributed by atoms with Crippen molar-refractivity contribution in [1.82, 2.24) is 16.0 Å². The molecule has 3 unspecified atom stereocenters. The van der Waals surface area contributed by atoms with Crippen LogP contribution in [0.15, 0.2) is 55.0 Å². The zero-order valence-electron chi connectivity index (χ0n) is 22.7. The SMILES string of the molecule is C=CCCC(NCCC/C(=C/N)NCC(CC)c1ccc(C)c(CCC(C)CC)c1)C(=C)NC. The third-order valence-electron chi connectivity index (χ3n) is 7.13. The molecule has 0 aromatic heterocycles. The van der Waals surface area contributed by atoms with Gasteiger partial charge < -0.3 is 21.7 Å². The summed E-state index contributed by atoms with van der Waals surface area (Å²) in [6, 6.07) is 7.33.